The number of nitrogens with two attached hydrogens (primary N) is 1. The molecule has 11 nitrogen and oxygen atoms in total. The van der Waals surface area contributed by atoms with E-state index < -0.39 is 10.2 Å². The molecule has 0 saturated carbocycles. The summed E-state index contributed by atoms with van der Waals surface area (Å²) in [7, 11) is -3.66. The Morgan fingerprint density at radius 2 is 1.77 bits per heavy atom. The van der Waals surface area contributed by atoms with Crippen molar-refractivity contribution in [2.75, 3.05) is 36.4 Å². The van der Waals surface area contributed by atoms with Crippen LogP contribution in [0.4, 0.5) is 17.3 Å². The second-order valence-electron chi connectivity index (χ2n) is 9.42. The summed E-state index contributed by atoms with van der Waals surface area (Å²) in [6, 6.07) is 13.7. The molecule has 1 fully saturated rings. The van der Waals surface area contributed by atoms with Gasteiger partial charge >= 0.3 is 0 Å². The van der Waals surface area contributed by atoms with Crippen molar-refractivity contribution in [1.82, 2.24) is 14.3 Å². The number of hydrogen-bond donors (Lipinski definition) is 2. The molecule has 0 amide bonds. The first-order valence-corrected chi connectivity index (χ1v) is 13.9. The van der Waals surface area contributed by atoms with E-state index in [9.17, 15) is 8.42 Å². The van der Waals surface area contributed by atoms with Crippen molar-refractivity contribution in [1.29, 1.82) is 5.26 Å². The van der Waals surface area contributed by atoms with Crippen molar-refractivity contribution in [3.8, 4) is 17.7 Å². The fraction of sp³-hybridized carbons (Fsp3) is 0.296. The number of piperazine rings is 1. The molecule has 3 N–H and O–H groups in total. The Kier molecular flexibility index (Phi) is 7.49. The monoisotopic (exact) mass is 547 g/mol. The Bertz CT molecular complexity index is 1540. The molecule has 0 atom stereocenters. The maximum atomic E-state index is 11.6. The van der Waals surface area contributed by atoms with Crippen LogP contribution in [0.5, 0.6) is 11.6 Å². The molecular weight excluding hydrogens is 518 g/mol. The maximum absolute atomic E-state index is 11.6. The Balaban J connectivity index is 1.33. The van der Waals surface area contributed by atoms with E-state index in [2.05, 4.69) is 20.2 Å². The van der Waals surface area contributed by atoms with Gasteiger partial charge in [-0.1, -0.05) is 0 Å². The highest BCUT2D eigenvalue weighted by atomic mass is 32.2. The van der Waals surface area contributed by atoms with E-state index >= 15 is 0 Å². The molecule has 0 spiro atoms. The van der Waals surface area contributed by atoms with Gasteiger partial charge in [0.15, 0.2) is 0 Å². The van der Waals surface area contributed by atoms with E-state index in [4.69, 9.17) is 19.9 Å². The molecule has 1 aromatic heterocycles. The standard InChI is InChI=1S/C27H29N7O4S/c1-18-14-20(4-3-9-28)15-19(2)25(18)38-26-23-16-37-17-24(23)31-27(32-26)30-21-5-7-22(8-6-21)33-10-12-34(13-11-33)39(29,35)36/h3-8,14-15H,10-13,16-17H2,1-2H3,(H2,29,35,36)(H,30,31,32)/b4-3+. The zero-order valence-corrected chi connectivity index (χ0v) is 22.5. The van der Waals surface area contributed by atoms with Crippen LogP contribution in [0.1, 0.15) is 27.9 Å². The summed E-state index contributed by atoms with van der Waals surface area (Å²) in [5.74, 6) is 1.54. The first kappa shape index (κ1) is 26.6. The van der Waals surface area contributed by atoms with Crippen LogP contribution in [0.2, 0.25) is 0 Å². The van der Waals surface area contributed by atoms with E-state index in [1.165, 1.54) is 10.4 Å². The third-order valence-electron chi connectivity index (χ3n) is 6.66. The van der Waals surface area contributed by atoms with Gasteiger partial charge in [0.2, 0.25) is 11.8 Å². The predicted octanol–water partition coefficient (Wildman–Crippen LogP) is 3.52. The zero-order chi connectivity index (χ0) is 27.6. The fourth-order valence-electron chi connectivity index (χ4n) is 4.72. The van der Waals surface area contributed by atoms with E-state index in [1.54, 1.807) is 6.08 Å². The molecule has 3 aromatic rings. The fourth-order valence-corrected chi connectivity index (χ4v) is 5.39. The smallest absolute Gasteiger partial charge is 0.277 e. The van der Waals surface area contributed by atoms with Gasteiger partial charge in [-0.25, -0.2) is 10.1 Å². The molecule has 2 aromatic carbocycles. The number of fused-ring (bicyclic) bond motifs is 1. The summed E-state index contributed by atoms with van der Waals surface area (Å²) in [5, 5.41) is 17.3. The number of nitriles is 1. The molecule has 2 aliphatic heterocycles. The Morgan fingerprint density at radius 1 is 1.08 bits per heavy atom. The van der Waals surface area contributed by atoms with Crippen LogP contribution >= 0.6 is 0 Å². The van der Waals surface area contributed by atoms with Crippen molar-refractivity contribution in [2.45, 2.75) is 27.1 Å². The van der Waals surface area contributed by atoms with Crippen LogP contribution in [0.15, 0.2) is 42.5 Å². The van der Waals surface area contributed by atoms with Crippen molar-refractivity contribution >= 4 is 33.6 Å². The highest BCUT2D eigenvalue weighted by Crippen LogP contribution is 2.35. The summed E-state index contributed by atoms with van der Waals surface area (Å²) < 4.78 is 36.4. The minimum absolute atomic E-state index is 0.352. The van der Waals surface area contributed by atoms with E-state index in [0.717, 1.165) is 39.3 Å². The summed E-state index contributed by atoms with van der Waals surface area (Å²) in [4.78, 5) is 11.4. The highest BCUT2D eigenvalue weighted by Gasteiger charge is 2.25. The number of nitrogens with one attached hydrogen (secondary N) is 1. The molecule has 0 aliphatic carbocycles. The minimum Gasteiger partial charge on any atom is -0.438 e. The quantitative estimate of drug-likeness (QED) is 0.424. The van der Waals surface area contributed by atoms with Gasteiger partial charge in [-0.05, 0) is 73.0 Å². The molecule has 0 radical (unpaired) electrons. The molecule has 12 heteroatoms. The molecule has 3 heterocycles. The maximum Gasteiger partial charge on any atom is 0.277 e. The molecule has 2 aliphatic rings. The SMILES string of the molecule is Cc1cc(/C=C/C#N)cc(C)c1Oc1nc(Nc2ccc(N3CCN(S(N)(=O)=O)CC3)cc2)nc2c1COC2. The van der Waals surface area contributed by atoms with Gasteiger partial charge in [0.25, 0.3) is 10.2 Å². The van der Waals surface area contributed by atoms with Gasteiger partial charge in [-0.15, -0.1) is 0 Å². The van der Waals surface area contributed by atoms with E-state index in [-0.39, 0.29) is 0 Å². The van der Waals surface area contributed by atoms with Gasteiger partial charge in [0.05, 0.1) is 30.5 Å². The predicted molar refractivity (Wildman–Crippen MR) is 148 cm³/mol. The van der Waals surface area contributed by atoms with Crippen LogP contribution in [-0.4, -0.2) is 48.9 Å². The normalized spacial score (nSPS) is 15.8. The molecular formula is C27H29N7O4S. The third-order valence-corrected chi connectivity index (χ3v) is 7.74. The summed E-state index contributed by atoms with van der Waals surface area (Å²) in [6.07, 6.45) is 3.21. The number of benzene rings is 2. The van der Waals surface area contributed by atoms with Crippen LogP contribution in [-0.2, 0) is 28.2 Å². The van der Waals surface area contributed by atoms with E-state index in [0.29, 0.717) is 57.0 Å². The summed E-state index contributed by atoms with van der Waals surface area (Å²) in [6.45, 7) is 6.49. The lowest BCUT2D eigenvalue weighted by molar-refractivity contribution is 0.132. The Hall–Kier alpha value is -4.02. The number of hydrogen-bond acceptors (Lipinski definition) is 9. The number of aromatic nitrogens is 2. The molecule has 5 rings (SSSR count). The average Bonchev–Trinajstić information content (AvgIpc) is 3.38. The Morgan fingerprint density at radius 3 is 2.41 bits per heavy atom. The number of anilines is 3. The molecule has 202 valence electrons. The third kappa shape index (κ3) is 6.02. The Labute approximate surface area is 227 Å². The molecule has 1 saturated heterocycles. The van der Waals surface area contributed by atoms with Crippen molar-refractivity contribution < 1.29 is 17.9 Å². The van der Waals surface area contributed by atoms with E-state index in [1.807, 2.05) is 56.3 Å². The van der Waals surface area contributed by atoms with Gasteiger partial charge in [-0.2, -0.15) is 23.0 Å². The lowest BCUT2D eigenvalue weighted by atomic mass is 10.1. The van der Waals surface area contributed by atoms with Crippen LogP contribution in [0, 0.1) is 25.2 Å². The topological polar surface area (TPSA) is 147 Å². The number of allylic oxidation sites excluding steroid dienone is 1. The van der Waals surface area contributed by atoms with Crippen LogP contribution in [0.3, 0.4) is 0 Å². The minimum atomic E-state index is -3.66. The van der Waals surface area contributed by atoms with Crippen molar-refractivity contribution in [3.63, 3.8) is 0 Å². The summed E-state index contributed by atoms with van der Waals surface area (Å²) >= 11 is 0. The molecule has 0 bridgehead atoms. The number of ether oxygens (including phenoxy) is 2. The van der Waals surface area contributed by atoms with Gasteiger partial charge in [0.1, 0.15) is 5.75 Å². The molecule has 0 unspecified atom stereocenters. The van der Waals surface area contributed by atoms with Gasteiger partial charge < -0.3 is 19.7 Å². The first-order valence-electron chi connectivity index (χ1n) is 12.4. The lowest BCUT2D eigenvalue weighted by Crippen LogP contribution is -2.50. The average molecular weight is 548 g/mol. The highest BCUT2D eigenvalue weighted by molar-refractivity contribution is 7.86. The summed E-state index contributed by atoms with van der Waals surface area (Å²) in [5.41, 5.74) is 6.15. The second-order valence-corrected chi connectivity index (χ2v) is 11.0. The number of aryl methyl sites for hydroxylation is 2. The van der Waals surface area contributed by atoms with Crippen molar-refractivity contribution in [2.24, 2.45) is 5.14 Å². The van der Waals surface area contributed by atoms with Crippen LogP contribution in [0.25, 0.3) is 6.08 Å². The van der Waals surface area contributed by atoms with Crippen LogP contribution < -0.4 is 20.1 Å². The van der Waals surface area contributed by atoms with Gasteiger partial charge in [-0.3, -0.25) is 0 Å². The zero-order valence-electron chi connectivity index (χ0n) is 21.7. The second kappa shape index (κ2) is 11.0. The molecule has 39 heavy (non-hydrogen) atoms. The number of rotatable bonds is 7. The largest absolute Gasteiger partial charge is 0.438 e. The lowest BCUT2D eigenvalue weighted by Gasteiger charge is -2.34. The van der Waals surface area contributed by atoms with Gasteiger partial charge in [0, 0.05) is 43.6 Å². The first-order chi connectivity index (χ1) is 18.7. The number of nitrogens with zero attached hydrogens (tertiary/aromatic N) is 5. The van der Waals surface area contributed by atoms with Crippen molar-refractivity contribution in [3.05, 3.63) is 70.4 Å².